The van der Waals surface area contributed by atoms with Gasteiger partial charge in [0, 0.05) is 23.8 Å². The number of nitrogens with zero attached hydrogens (tertiary/aromatic N) is 2. The van der Waals surface area contributed by atoms with Gasteiger partial charge in [0.2, 0.25) is 0 Å². The standard InChI is InChI=1S/C18H15FN2OS/c1-13-5-4-7-15(11-13)21-10-9-20-17(18(21)22)23-12-14-6-2-3-8-16(14)19/h2-11H,12H2,1H3. The molecule has 0 saturated heterocycles. The van der Waals surface area contributed by atoms with Crippen LogP contribution in [0.15, 0.2) is 70.7 Å². The molecule has 1 aromatic heterocycles. The van der Waals surface area contributed by atoms with Crippen molar-refractivity contribution in [3.63, 3.8) is 0 Å². The number of hydrogen-bond donors (Lipinski definition) is 0. The van der Waals surface area contributed by atoms with Crippen LogP contribution in [0.2, 0.25) is 0 Å². The minimum absolute atomic E-state index is 0.195. The predicted molar refractivity (Wildman–Crippen MR) is 90.5 cm³/mol. The summed E-state index contributed by atoms with van der Waals surface area (Å²) in [7, 11) is 0. The lowest BCUT2D eigenvalue weighted by atomic mass is 10.2. The van der Waals surface area contributed by atoms with Crippen LogP contribution in [0.1, 0.15) is 11.1 Å². The largest absolute Gasteiger partial charge is 0.287 e. The molecule has 0 atom stereocenters. The number of rotatable bonds is 4. The molecule has 23 heavy (non-hydrogen) atoms. The molecule has 0 bridgehead atoms. The van der Waals surface area contributed by atoms with Crippen molar-refractivity contribution < 1.29 is 4.39 Å². The van der Waals surface area contributed by atoms with Crippen molar-refractivity contribution in [1.82, 2.24) is 9.55 Å². The molecule has 0 aliphatic rings. The van der Waals surface area contributed by atoms with Gasteiger partial charge in [0.25, 0.3) is 5.56 Å². The average molecular weight is 326 g/mol. The highest BCUT2D eigenvalue weighted by Crippen LogP contribution is 2.20. The molecule has 5 heteroatoms. The van der Waals surface area contributed by atoms with Crippen LogP contribution in [0.25, 0.3) is 5.69 Å². The van der Waals surface area contributed by atoms with Crippen molar-refractivity contribution in [1.29, 1.82) is 0 Å². The van der Waals surface area contributed by atoms with E-state index >= 15 is 0 Å². The Morgan fingerprint density at radius 2 is 2.00 bits per heavy atom. The van der Waals surface area contributed by atoms with E-state index in [1.165, 1.54) is 17.8 Å². The predicted octanol–water partition coefficient (Wildman–Crippen LogP) is 3.97. The molecule has 0 aliphatic carbocycles. The Balaban J connectivity index is 1.89. The van der Waals surface area contributed by atoms with Gasteiger partial charge in [-0.1, -0.05) is 42.1 Å². The molecule has 116 valence electrons. The zero-order valence-electron chi connectivity index (χ0n) is 12.6. The van der Waals surface area contributed by atoms with Gasteiger partial charge in [0.1, 0.15) is 5.82 Å². The van der Waals surface area contributed by atoms with E-state index in [0.717, 1.165) is 11.3 Å². The molecule has 3 aromatic rings. The van der Waals surface area contributed by atoms with Crippen LogP contribution in [0, 0.1) is 12.7 Å². The molecular formula is C18H15FN2OS. The second-order valence-electron chi connectivity index (χ2n) is 5.13. The van der Waals surface area contributed by atoms with Crippen LogP contribution in [0.3, 0.4) is 0 Å². The van der Waals surface area contributed by atoms with E-state index in [9.17, 15) is 9.18 Å². The van der Waals surface area contributed by atoms with E-state index < -0.39 is 0 Å². The average Bonchev–Trinajstić information content (AvgIpc) is 2.55. The highest BCUT2D eigenvalue weighted by molar-refractivity contribution is 7.98. The molecule has 0 fully saturated rings. The maximum Gasteiger partial charge on any atom is 0.287 e. The molecule has 1 heterocycles. The molecule has 2 aromatic carbocycles. The number of aryl methyl sites for hydroxylation is 1. The number of aromatic nitrogens is 2. The summed E-state index contributed by atoms with van der Waals surface area (Å²) in [6.07, 6.45) is 3.23. The normalized spacial score (nSPS) is 10.7. The van der Waals surface area contributed by atoms with Gasteiger partial charge >= 0.3 is 0 Å². The molecule has 0 radical (unpaired) electrons. The van der Waals surface area contributed by atoms with Crippen LogP contribution in [0.5, 0.6) is 0 Å². The van der Waals surface area contributed by atoms with Gasteiger partial charge in [-0.05, 0) is 36.2 Å². The molecule has 3 nitrogen and oxygen atoms in total. The maximum absolute atomic E-state index is 13.7. The Kier molecular flexibility index (Phi) is 4.57. The highest BCUT2D eigenvalue weighted by Gasteiger charge is 2.09. The second kappa shape index (κ2) is 6.79. The Labute approximate surface area is 137 Å². The zero-order chi connectivity index (χ0) is 16.2. The van der Waals surface area contributed by atoms with Crippen LogP contribution in [-0.2, 0) is 5.75 Å². The van der Waals surface area contributed by atoms with Gasteiger partial charge in [-0.25, -0.2) is 9.37 Å². The summed E-state index contributed by atoms with van der Waals surface area (Å²) < 4.78 is 15.2. The van der Waals surface area contributed by atoms with E-state index in [4.69, 9.17) is 0 Å². The summed E-state index contributed by atoms with van der Waals surface area (Å²) >= 11 is 1.24. The first-order chi connectivity index (χ1) is 11.1. The number of thioether (sulfide) groups is 1. The van der Waals surface area contributed by atoms with E-state index in [0.29, 0.717) is 16.3 Å². The molecule has 0 amide bonds. The van der Waals surface area contributed by atoms with E-state index in [2.05, 4.69) is 4.98 Å². The first kappa shape index (κ1) is 15.5. The first-order valence-corrected chi connectivity index (χ1v) is 8.14. The fourth-order valence-corrected chi connectivity index (χ4v) is 3.12. The lowest BCUT2D eigenvalue weighted by Gasteiger charge is -2.08. The fourth-order valence-electron chi connectivity index (χ4n) is 2.24. The SMILES string of the molecule is Cc1cccc(-n2ccnc(SCc3ccccc3F)c2=O)c1. The van der Waals surface area contributed by atoms with Crippen molar-refractivity contribution in [2.24, 2.45) is 0 Å². The topological polar surface area (TPSA) is 34.9 Å². The van der Waals surface area contributed by atoms with Gasteiger partial charge in [0.05, 0.1) is 0 Å². The second-order valence-corrected chi connectivity index (χ2v) is 6.09. The van der Waals surface area contributed by atoms with Crippen LogP contribution >= 0.6 is 11.8 Å². The van der Waals surface area contributed by atoms with Gasteiger partial charge < -0.3 is 0 Å². The van der Waals surface area contributed by atoms with Crippen molar-refractivity contribution in [3.8, 4) is 5.69 Å². The van der Waals surface area contributed by atoms with E-state index in [1.807, 2.05) is 31.2 Å². The van der Waals surface area contributed by atoms with Gasteiger partial charge in [-0.15, -0.1) is 0 Å². The summed E-state index contributed by atoms with van der Waals surface area (Å²) in [5.74, 6) is 0.0992. The zero-order valence-corrected chi connectivity index (χ0v) is 13.4. The molecule has 0 spiro atoms. The third kappa shape index (κ3) is 3.51. The summed E-state index contributed by atoms with van der Waals surface area (Å²) in [4.78, 5) is 16.7. The molecule has 0 N–H and O–H groups in total. The van der Waals surface area contributed by atoms with Crippen LogP contribution < -0.4 is 5.56 Å². The van der Waals surface area contributed by atoms with Crippen LogP contribution in [0.4, 0.5) is 4.39 Å². The summed E-state index contributed by atoms with van der Waals surface area (Å²) in [5.41, 5.74) is 2.24. The summed E-state index contributed by atoms with van der Waals surface area (Å²) in [6, 6.07) is 14.3. The number of hydrogen-bond acceptors (Lipinski definition) is 3. The third-order valence-electron chi connectivity index (χ3n) is 3.41. The van der Waals surface area contributed by atoms with Crippen molar-refractivity contribution in [2.75, 3.05) is 0 Å². The fraction of sp³-hybridized carbons (Fsp3) is 0.111. The lowest BCUT2D eigenvalue weighted by Crippen LogP contribution is -2.20. The summed E-state index contributed by atoms with van der Waals surface area (Å²) in [5, 5.41) is 0.359. The number of benzene rings is 2. The Morgan fingerprint density at radius 1 is 1.17 bits per heavy atom. The molecule has 0 aliphatic heterocycles. The van der Waals surface area contributed by atoms with Crippen molar-refractivity contribution >= 4 is 11.8 Å². The van der Waals surface area contributed by atoms with Gasteiger partial charge in [-0.3, -0.25) is 9.36 Å². The lowest BCUT2D eigenvalue weighted by molar-refractivity contribution is 0.617. The quantitative estimate of drug-likeness (QED) is 0.680. The van der Waals surface area contributed by atoms with E-state index in [-0.39, 0.29) is 11.4 Å². The van der Waals surface area contributed by atoms with Gasteiger partial charge in [-0.2, -0.15) is 0 Å². The Bertz CT molecular complexity index is 892. The third-order valence-corrected chi connectivity index (χ3v) is 4.42. The first-order valence-electron chi connectivity index (χ1n) is 7.16. The highest BCUT2D eigenvalue weighted by atomic mass is 32.2. The minimum Gasteiger partial charge on any atom is -0.280 e. The molecular weight excluding hydrogens is 311 g/mol. The molecule has 0 saturated carbocycles. The monoisotopic (exact) mass is 326 g/mol. The molecule has 0 unspecified atom stereocenters. The maximum atomic E-state index is 13.7. The Morgan fingerprint density at radius 3 is 2.78 bits per heavy atom. The smallest absolute Gasteiger partial charge is 0.280 e. The van der Waals surface area contributed by atoms with Crippen molar-refractivity contribution in [2.45, 2.75) is 17.7 Å². The van der Waals surface area contributed by atoms with Crippen molar-refractivity contribution in [3.05, 3.63) is 88.2 Å². The Hall–Kier alpha value is -2.40. The minimum atomic E-state index is -0.269. The molecule has 3 rings (SSSR count). The van der Waals surface area contributed by atoms with Crippen LogP contribution in [-0.4, -0.2) is 9.55 Å². The number of halogens is 1. The summed E-state index contributed by atoms with van der Waals surface area (Å²) in [6.45, 7) is 1.98. The van der Waals surface area contributed by atoms with E-state index in [1.54, 1.807) is 35.2 Å². The van der Waals surface area contributed by atoms with Gasteiger partial charge in [0.15, 0.2) is 5.03 Å².